The van der Waals surface area contributed by atoms with Gasteiger partial charge < -0.3 is 14.5 Å². The van der Waals surface area contributed by atoms with Gasteiger partial charge in [-0.2, -0.15) is 0 Å². The Morgan fingerprint density at radius 1 is 1.62 bits per heavy atom. The molecule has 0 bridgehead atoms. The Balaban J connectivity index is 2.45. The number of rotatable bonds is 3. The third-order valence-electron chi connectivity index (χ3n) is 2.09. The largest absolute Gasteiger partial charge is 0.443 e. The number of likely N-dealkylation sites (N-methyl/N-ethyl adjacent to an activating group) is 1. The average Bonchev–Trinajstić information content (AvgIpc) is 2.29. The maximum atomic E-state index is 11.3. The molecule has 1 fully saturated rings. The Morgan fingerprint density at radius 2 is 2.23 bits per heavy atom. The number of nitrogens with zero attached hydrogens (tertiary/aromatic N) is 2. The number of ether oxygens (including phenoxy) is 1. The fourth-order valence-corrected chi connectivity index (χ4v) is 1.47. The molecule has 13 heavy (non-hydrogen) atoms. The van der Waals surface area contributed by atoms with Crippen LogP contribution in [0.1, 0.15) is 13.8 Å². The van der Waals surface area contributed by atoms with Crippen LogP contribution in [0.2, 0.25) is 0 Å². The maximum absolute atomic E-state index is 11.3. The molecule has 1 atom stereocenters. The number of carbonyl (C=O) groups excluding carboxylic acids is 1. The summed E-state index contributed by atoms with van der Waals surface area (Å²) in [7, 11) is 3.96. The standard InChI is InChI=1S/C9H18N2O2/c1-7(2)11-6-8(5-10(3)4)13-9(11)12/h7-8H,5-6H2,1-4H3. The van der Waals surface area contributed by atoms with Crippen molar-refractivity contribution in [3.8, 4) is 0 Å². The first kappa shape index (κ1) is 10.3. The van der Waals surface area contributed by atoms with Crippen molar-refractivity contribution < 1.29 is 9.53 Å². The first-order valence-corrected chi connectivity index (χ1v) is 4.62. The fourth-order valence-electron chi connectivity index (χ4n) is 1.47. The van der Waals surface area contributed by atoms with E-state index in [4.69, 9.17) is 4.74 Å². The minimum Gasteiger partial charge on any atom is -0.443 e. The van der Waals surface area contributed by atoms with Crippen molar-refractivity contribution in [2.45, 2.75) is 26.0 Å². The highest BCUT2D eigenvalue weighted by Gasteiger charge is 2.32. The summed E-state index contributed by atoms with van der Waals surface area (Å²) in [4.78, 5) is 15.1. The van der Waals surface area contributed by atoms with Crippen molar-refractivity contribution >= 4 is 6.09 Å². The fraction of sp³-hybridized carbons (Fsp3) is 0.889. The van der Waals surface area contributed by atoms with Crippen LogP contribution in [0.15, 0.2) is 0 Å². The summed E-state index contributed by atoms with van der Waals surface area (Å²) in [5.41, 5.74) is 0. The van der Waals surface area contributed by atoms with E-state index in [0.29, 0.717) is 6.54 Å². The summed E-state index contributed by atoms with van der Waals surface area (Å²) in [6.45, 7) is 5.52. The highest BCUT2D eigenvalue weighted by molar-refractivity contribution is 5.70. The van der Waals surface area contributed by atoms with Crippen LogP contribution in [0.4, 0.5) is 4.79 Å². The summed E-state index contributed by atoms with van der Waals surface area (Å²) in [5, 5.41) is 0. The topological polar surface area (TPSA) is 32.8 Å². The Labute approximate surface area is 79.4 Å². The lowest BCUT2D eigenvalue weighted by Crippen LogP contribution is -2.34. The van der Waals surface area contributed by atoms with Gasteiger partial charge in [0.25, 0.3) is 0 Å². The van der Waals surface area contributed by atoms with Crippen molar-refractivity contribution in [1.29, 1.82) is 0 Å². The molecule has 1 amide bonds. The van der Waals surface area contributed by atoms with Gasteiger partial charge >= 0.3 is 6.09 Å². The highest BCUT2D eigenvalue weighted by Crippen LogP contribution is 2.14. The van der Waals surface area contributed by atoms with Crippen LogP contribution >= 0.6 is 0 Å². The van der Waals surface area contributed by atoms with Gasteiger partial charge in [-0.1, -0.05) is 0 Å². The van der Waals surface area contributed by atoms with E-state index < -0.39 is 0 Å². The van der Waals surface area contributed by atoms with Crippen LogP contribution in [-0.4, -0.2) is 55.2 Å². The zero-order chi connectivity index (χ0) is 10.0. The Kier molecular flexibility index (Phi) is 3.14. The van der Waals surface area contributed by atoms with E-state index in [9.17, 15) is 4.79 Å². The van der Waals surface area contributed by atoms with Crippen LogP contribution in [-0.2, 0) is 4.74 Å². The molecule has 4 heteroatoms. The molecule has 1 rings (SSSR count). The van der Waals surface area contributed by atoms with Crippen LogP contribution < -0.4 is 0 Å². The molecule has 1 aliphatic heterocycles. The average molecular weight is 186 g/mol. The van der Waals surface area contributed by atoms with Crippen molar-refractivity contribution in [3.05, 3.63) is 0 Å². The Hall–Kier alpha value is -0.770. The predicted molar refractivity (Wildman–Crippen MR) is 50.7 cm³/mol. The second-order valence-electron chi connectivity index (χ2n) is 4.01. The van der Waals surface area contributed by atoms with Crippen molar-refractivity contribution in [2.75, 3.05) is 27.2 Å². The zero-order valence-corrected chi connectivity index (χ0v) is 8.78. The molecule has 1 unspecified atom stereocenters. The van der Waals surface area contributed by atoms with Gasteiger partial charge in [0.15, 0.2) is 0 Å². The van der Waals surface area contributed by atoms with Crippen molar-refractivity contribution in [1.82, 2.24) is 9.80 Å². The second-order valence-corrected chi connectivity index (χ2v) is 4.01. The molecule has 0 spiro atoms. The van der Waals surface area contributed by atoms with E-state index in [2.05, 4.69) is 0 Å². The van der Waals surface area contributed by atoms with Crippen molar-refractivity contribution in [2.24, 2.45) is 0 Å². The minimum atomic E-state index is -0.179. The second kappa shape index (κ2) is 3.96. The molecule has 0 radical (unpaired) electrons. The van der Waals surface area contributed by atoms with Crippen LogP contribution in [0.25, 0.3) is 0 Å². The summed E-state index contributed by atoms with van der Waals surface area (Å²) in [6.07, 6.45) is -0.147. The lowest BCUT2D eigenvalue weighted by Gasteiger charge is -2.17. The molecule has 1 saturated heterocycles. The third-order valence-corrected chi connectivity index (χ3v) is 2.09. The van der Waals surface area contributed by atoms with Gasteiger partial charge in [0.05, 0.1) is 6.54 Å². The molecular formula is C9H18N2O2. The number of cyclic esters (lactones) is 1. The van der Waals surface area contributed by atoms with Gasteiger partial charge in [-0.15, -0.1) is 0 Å². The lowest BCUT2D eigenvalue weighted by atomic mass is 10.3. The van der Waals surface area contributed by atoms with Crippen LogP contribution in [0.5, 0.6) is 0 Å². The molecule has 76 valence electrons. The molecule has 0 aliphatic carbocycles. The number of amides is 1. The van der Waals surface area contributed by atoms with E-state index >= 15 is 0 Å². The summed E-state index contributed by atoms with van der Waals surface area (Å²) in [5.74, 6) is 0. The lowest BCUT2D eigenvalue weighted by molar-refractivity contribution is 0.117. The van der Waals surface area contributed by atoms with Crippen LogP contribution in [0, 0.1) is 0 Å². The number of hydrogen-bond acceptors (Lipinski definition) is 3. The van der Waals surface area contributed by atoms with E-state index in [1.807, 2.05) is 32.8 Å². The van der Waals surface area contributed by atoms with Crippen LogP contribution in [0.3, 0.4) is 0 Å². The highest BCUT2D eigenvalue weighted by atomic mass is 16.6. The van der Waals surface area contributed by atoms with Crippen molar-refractivity contribution in [3.63, 3.8) is 0 Å². The molecule has 1 heterocycles. The molecule has 0 N–H and O–H groups in total. The number of carbonyl (C=O) groups is 1. The van der Waals surface area contributed by atoms with E-state index in [-0.39, 0.29) is 18.2 Å². The molecule has 0 aromatic heterocycles. The van der Waals surface area contributed by atoms with E-state index in [0.717, 1.165) is 6.54 Å². The van der Waals surface area contributed by atoms with Gasteiger partial charge in [0.1, 0.15) is 6.10 Å². The first-order valence-electron chi connectivity index (χ1n) is 4.62. The molecule has 4 nitrogen and oxygen atoms in total. The number of hydrogen-bond donors (Lipinski definition) is 0. The molecule has 1 aliphatic rings. The monoisotopic (exact) mass is 186 g/mol. The molecule has 0 aromatic rings. The maximum Gasteiger partial charge on any atom is 0.410 e. The van der Waals surface area contributed by atoms with Gasteiger partial charge in [-0.3, -0.25) is 0 Å². The van der Waals surface area contributed by atoms with E-state index in [1.54, 1.807) is 4.90 Å². The quantitative estimate of drug-likeness (QED) is 0.653. The first-order chi connectivity index (χ1) is 6.00. The zero-order valence-electron chi connectivity index (χ0n) is 8.78. The minimum absolute atomic E-state index is 0.0323. The molecule has 0 saturated carbocycles. The summed E-state index contributed by atoms with van der Waals surface area (Å²) >= 11 is 0. The Bertz CT molecular complexity index is 192. The smallest absolute Gasteiger partial charge is 0.410 e. The Morgan fingerprint density at radius 3 is 2.62 bits per heavy atom. The van der Waals surface area contributed by atoms with Gasteiger partial charge in [-0.05, 0) is 27.9 Å². The molecular weight excluding hydrogens is 168 g/mol. The molecule has 0 aromatic carbocycles. The van der Waals surface area contributed by atoms with Gasteiger partial charge in [-0.25, -0.2) is 4.79 Å². The normalized spacial score (nSPS) is 23.1. The summed E-state index contributed by atoms with van der Waals surface area (Å²) in [6, 6.07) is 0.236. The predicted octanol–water partition coefficient (Wildman–Crippen LogP) is 0.777. The third kappa shape index (κ3) is 2.59. The van der Waals surface area contributed by atoms with Gasteiger partial charge in [0, 0.05) is 12.6 Å². The SMILES string of the molecule is CC(C)N1CC(CN(C)C)OC1=O. The van der Waals surface area contributed by atoms with E-state index in [1.165, 1.54) is 0 Å². The van der Waals surface area contributed by atoms with Gasteiger partial charge in [0.2, 0.25) is 0 Å². The summed E-state index contributed by atoms with van der Waals surface area (Å²) < 4.78 is 5.19.